The number of ether oxygens (including phenoxy) is 1. The van der Waals surface area contributed by atoms with Gasteiger partial charge in [-0.15, -0.1) is 0 Å². The lowest BCUT2D eigenvalue weighted by atomic mass is 9.48. The van der Waals surface area contributed by atoms with Gasteiger partial charge in [0.05, 0.1) is 19.3 Å². The first kappa shape index (κ1) is 19.3. The van der Waals surface area contributed by atoms with Crippen LogP contribution in [0.4, 0.5) is 0 Å². The molecule has 0 aromatic heterocycles. The van der Waals surface area contributed by atoms with Crippen molar-refractivity contribution in [3.8, 4) is 0 Å². The lowest BCUT2D eigenvalue weighted by molar-refractivity contribution is -0.134. The van der Waals surface area contributed by atoms with Gasteiger partial charge >= 0.3 is 0 Å². The monoisotopic (exact) mass is 387 g/mol. The summed E-state index contributed by atoms with van der Waals surface area (Å²) in [6, 6.07) is 0. The summed E-state index contributed by atoms with van der Waals surface area (Å²) in [7, 11) is 0. The van der Waals surface area contributed by atoms with Crippen molar-refractivity contribution in [2.24, 2.45) is 34.5 Å². The number of morpholine rings is 1. The second-order valence-electron chi connectivity index (χ2n) is 10.8. The molecule has 1 heterocycles. The first-order valence-corrected chi connectivity index (χ1v) is 11.6. The molecular weight excluding hydrogens is 350 g/mol. The number of allylic oxidation sites excluding steroid dienone is 1. The van der Waals surface area contributed by atoms with Crippen molar-refractivity contribution in [3.63, 3.8) is 0 Å². The Hall–Kier alpha value is -0.710. The van der Waals surface area contributed by atoms with Gasteiger partial charge in [-0.05, 0) is 68.1 Å². The van der Waals surface area contributed by atoms with Crippen molar-refractivity contribution < 1.29 is 14.6 Å². The Labute approximate surface area is 169 Å². The topological polar surface area (TPSA) is 49.8 Å². The molecule has 4 heteroatoms. The van der Waals surface area contributed by atoms with Crippen LogP contribution in [0, 0.1) is 34.5 Å². The van der Waals surface area contributed by atoms with Gasteiger partial charge in [0.2, 0.25) is 0 Å². The van der Waals surface area contributed by atoms with Crippen molar-refractivity contribution >= 4 is 5.78 Å². The average molecular weight is 388 g/mol. The van der Waals surface area contributed by atoms with Crippen LogP contribution < -0.4 is 0 Å². The molecule has 0 radical (unpaired) electrons. The standard InChI is InChI=1S/C24H37NO3/c1-23-7-5-18(26)14-17(23)3-4-19-20(23)6-8-24(2)21(19)13-16(22(24)27)15-25-9-11-28-12-10-25/h3,16,18-21,26H,4-15H2,1-2H3/t16-,18+,19-,20+,21-,23-,24-/m1/s1. The fourth-order valence-electron chi connectivity index (χ4n) is 7.84. The normalized spacial score (nSPS) is 49.2. The highest BCUT2D eigenvalue weighted by molar-refractivity contribution is 5.89. The fourth-order valence-corrected chi connectivity index (χ4v) is 7.84. The largest absolute Gasteiger partial charge is 0.393 e. The van der Waals surface area contributed by atoms with E-state index >= 15 is 0 Å². The van der Waals surface area contributed by atoms with Gasteiger partial charge < -0.3 is 9.84 Å². The summed E-state index contributed by atoms with van der Waals surface area (Å²) < 4.78 is 5.49. The number of carbonyl (C=O) groups is 1. The van der Waals surface area contributed by atoms with Gasteiger partial charge in [0, 0.05) is 31.0 Å². The molecule has 0 aromatic rings. The summed E-state index contributed by atoms with van der Waals surface area (Å²) in [6.07, 6.45) is 9.74. The van der Waals surface area contributed by atoms with E-state index in [0.717, 1.165) is 71.4 Å². The van der Waals surface area contributed by atoms with Crippen molar-refractivity contribution in [1.29, 1.82) is 0 Å². The molecule has 4 nitrogen and oxygen atoms in total. The highest BCUT2D eigenvalue weighted by Crippen LogP contribution is 2.64. The Kier molecular flexibility index (Phi) is 4.76. The lowest BCUT2D eigenvalue weighted by Crippen LogP contribution is -2.50. The van der Waals surface area contributed by atoms with Crippen molar-refractivity contribution in [1.82, 2.24) is 4.90 Å². The Morgan fingerprint density at radius 2 is 1.89 bits per heavy atom. The maximum absolute atomic E-state index is 13.5. The fraction of sp³-hybridized carbons (Fsp3) is 0.875. The SMILES string of the molecule is C[C@@]12CC[C@H]3[C@@H](CC=C4C[C@@H](O)CC[C@]43C)[C@H]1C[C@H](CN1CCOCC1)C2=O. The first-order valence-electron chi connectivity index (χ1n) is 11.6. The minimum absolute atomic E-state index is 0.103. The predicted octanol–water partition coefficient (Wildman–Crippen LogP) is 3.44. The van der Waals surface area contributed by atoms with E-state index in [1.807, 2.05) is 0 Å². The third kappa shape index (κ3) is 2.86. The number of Topliss-reactive ketones (excluding diaryl/α,β-unsaturated/α-hetero) is 1. The van der Waals surface area contributed by atoms with E-state index in [4.69, 9.17) is 4.74 Å². The van der Waals surface area contributed by atoms with E-state index in [1.54, 1.807) is 0 Å². The van der Waals surface area contributed by atoms with Gasteiger partial charge in [-0.25, -0.2) is 0 Å². The number of carbonyl (C=O) groups excluding carboxylic acids is 1. The third-order valence-corrected chi connectivity index (χ3v) is 9.52. The molecule has 0 spiro atoms. The zero-order valence-corrected chi connectivity index (χ0v) is 17.7. The molecule has 0 amide bonds. The van der Waals surface area contributed by atoms with Crippen LogP contribution in [0.2, 0.25) is 0 Å². The summed E-state index contributed by atoms with van der Waals surface area (Å²) in [5.41, 5.74) is 1.67. The van der Waals surface area contributed by atoms with Crippen LogP contribution in [0.3, 0.4) is 0 Å². The van der Waals surface area contributed by atoms with Crippen LogP contribution in [-0.4, -0.2) is 54.7 Å². The number of nitrogens with zero attached hydrogens (tertiary/aromatic N) is 1. The number of aliphatic hydroxyl groups excluding tert-OH is 1. The molecule has 1 saturated heterocycles. The average Bonchev–Trinajstić information content (AvgIpc) is 2.94. The van der Waals surface area contributed by atoms with Crippen LogP contribution in [0.15, 0.2) is 11.6 Å². The summed E-state index contributed by atoms with van der Waals surface area (Å²) in [6.45, 7) is 9.27. The Morgan fingerprint density at radius 3 is 2.68 bits per heavy atom. The van der Waals surface area contributed by atoms with Gasteiger partial charge in [-0.3, -0.25) is 9.69 Å². The smallest absolute Gasteiger partial charge is 0.143 e. The molecule has 0 bridgehead atoms. The highest BCUT2D eigenvalue weighted by atomic mass is 16.5. The second kappa shape index (κ2) is 6.92. The zero-order valence-electron chi connectivity index (χ0n) is 17.7. The highest BCUT2D eigenvalue weighted by Gasteiger charge is 2.61. The van der Waals surface area contributed by atoms with E-state index in [-0.39, 0.29) is 22.9 Å². The maximum Gasteiger partial charge on any atom is 0.143 e. The van der Waals surface area contributed by atoms with Crippen LogP contribution in [-0.2, 0) is 9.53 Å². The van der Waals surface area contributed by atoms with E-state index in [2.05, 4.69) is 24.8 Å². The van der Waals surface area contributed by atoms with Gasteiger partial charge in [-0.2, -0.15) is 0 Å². The molecule has 4 fully saturated rings. The van der Waals surface area contributed by atoms with Crippen molar-refractivity contribution in [2.75, 3.05) is 32.8 Å². The van der Waals surface area contributed by atoms with E-state index < -0.39 is 0 Å². The second-order valence-corrected chi connectivity index (χ2v) is 10.8. The molecule has 3 saturated carbocycles. The predicted molar refractivity (Wildman–Crippen MR) is 109 cm³/mol. The molecule has 4 aliphatic carbocycles. The van der Waals surface area contributed by atoms with Crippen molar-refractivity contribution in [2.45, 2.75) is 64.9 Å². The summed E-state index contributed by atoms with van der Waals surface area (Å²) in [5.74, 6) is 2.68. The van der Waals surface area contributed by atoms with E-state index in [0.29, 0.717) is 23.5 Å². The molecule has 5 aliphatic rings. The van der Waals surface area contributed by atoms with Crippen molar-refractivity contribution in [3.05, 3.63) is 11.6 Å². The Bertz CT molecular complexity index is 669. The number of hydrogen-bond donors (Lipinski definition) is 1. The van der Waals surface area contributed by atoms with Gasteiger partial charge in [0.15, 0.2) is 0 Å². The molecule has 28 heavy (non-hydrogen) atoms. The van der Waals surface area contributed by atoms with Crippen LogP contribution >= 0.6 is 0 Å². The van der Waals surface area contributed by atoms with Crippen LogP contribution in [0.1, 0.15) is 58.8 Å². The maximum atomic E-state index is 13.5. The van der Waals surface area contributed by atoms with Crippen LogP contribution in [0.25, 0.3) is 0 Å². The minimum Gasteiger partial charge on any atom is -0.393 e. The molecule has 156 valence electrons. The zero-order chi connectivity index (χ0) is 19.5. The molecule has 7 atom stereocenters. The molecule has 0 aromatic carbocycles. The summed E-state index contributed by atoms with van der Waals surface area (Å²) in [5, 5.41) is 10.2. The van der Waals surface area contributed by atoms with E-state index in [1.165, 1.54) is 12.0 Å². The third-order valence-electron chi connectivity index (χ3n) is 9.52. The number of hydrogen-bond acceptors (Lipinski definition) is 4. The number of fused-ring (bicyclic) bond motifs is 5. The molecule has 1 N–H and O–H groups in total. The number of rotatable bonds is 2. The molecule has 5 rings (SSSR count). The molecule has 0 unspecified atom stereocenters. The lowest BCUT2D eigenvalue weighted by Gasteiger charge is -2.56. The number of aliphatic hydroxyl groups is 1. The van der Waals surface area contributed by atoms with Gasteiger partial charge in [0.25, 0.3) is 0 Å². The first-order chi connectivity index (χ1) is 13.4. The molecular formula is C24H37NO3. The Balaban J connectivity index is 1.38. The minimum atomic E-state index is -0.143. The number of ketones is 1. The van der Waals surface area contributed by atoms with Crippen LogP contribution in [0.5, 0.6) is 0 Å². The van der Waals surface area contributed by atoms with Gasteiger partial charge in [0.1, 0.15) is 5.78 Å². The van der Waals surface area contributed by atoms with Gasteiger partial charge in [-0.1, -0.05) is 25.5 Å². The Morgan fingerprint density at radius 1 is 1.14 bits per heavy atom. The van der Waals surface area contributed by atoms with E-state index in [9.17, 15) is 9.90 Å². The summed E-state index contributed by atoms with van der Waals surface area (Å²) in [4.78, 5) is 16.0. The quantitative estimate of drug-likeness (QED) is 0.738. The summed E-state index contributed by atoms with van der Waals surface area (Å²) >= 11 is 0. The molecule has 1 aliphatic heterocycles.